The normalized spacial score (nSPS) is 10.6. The first-order valence-electron chi connectivity index (χ1n) is 6.43. The molecule has 3 aromatic rings. The molecule has 6 heteroatoms. The second kappa shape index (κ2) is 5.24. The molecule has 6 nitrogen and oxygen atoms in total. The van der Waals surface area contributed by atoms with Crippen LogP contribution in [0, 0.1) is 0 Å². The molecule has 3 heterocycles. The zero-order chi connectivity index (χ0) is 14.8. The predicted octanol–water partition coefficient (Wildman–Crippen LogP) is 2.39. The van der Waals surface area contributed by atoms with E-state index in [-0.39, 0.29) is 5.43 Å². The SMILES string of the molecule is CN(C)c1cc(=O)c2ccnc(Nc3ccccn3)c2o1. The molecule has 0 unspecified atom stereocenters. The molecular formula is C15H14N4O2. The van der Waals surface area contributed by atoms with Crippen molar-refractivity contribution in [2.24, 2.45) is 0 Å². The monoisotopic (exact) mass is 282 g/mol. The van der Waals surface area contributed by atoms with Crippen LogP contribution in [0.2, 0.25) is 0 Å². The number of anilines is 3. The van der Waals surface area contributed by atoms with Crippen LogP contribution in [0.3, 0.4) is 0 Å². The molecule has 0 amide bonds. The van der Waals surface area contributed by atoms with Gasteiger partial charge in [0.05, 0.1) is 5.39 Å². The van der Waals surface area contributed by atoms with Gasteiger partial charge in [0.1, 0.15) is 5.82 Å². The van der Waals surface area contributed by atoms with Gasteiger partial charge in [-0.25, -0.2) is 9.97 Å². The van der Waals surface area contributed by atoms with Crippen molar-refractivity contribution in [1.82, 2.24) is 9.97 Å². The zero-order valence-corrected chi connectivity index (χ0v) is 11.7. The van der Waals surface area contributed by atoms with E-state index in [0.717, 1.165) is 0 Å². The molecule has 0 atom stereocenters. The van der Waals surface area contributed by atoms with E-state index >= 15 is 0 Å². The fraction of sp³-hybridized carbons (Fsp3) is 0.133. The van der Waals surface area contributed by atoms with Crippen molar-refractivity contribution in [3.05, 3.63) is 52.9 Å². The van der Waals surface area contributed by atoms with Crippen molar-refractivity contribution in [2.45, 2.75) is 0 Å². The number of aromatic nitrogens is 2. The van der Waals surface area contributed by atoms with E-state index in [1.165, 1.54) is 6.07 Å². The summed E-state index contributed by atoms with van der Waals surface area (Å²) in [6.45, 7) is 0. The van der Waals surface area contributed by atoms with Crippen LogP contribution in [0.5, 0.6) is 0 Å². The first kappa shape index (κ1) is 13.1. The van der Waals surface area contributed by atoms with Crippen molar-refractivity contribution in [1.29, 1.82) is 0 Å². The van der Waals surface area contributed by atoms with Gasteiger partial charge in [-0.2, -0.15) is 0 Å². The summed E-state index contributed by atoms with van der Waals surface area (Å²) in [5, 5.41) is 3.55. The van der Waals surface area contributed by atoms with Gasteiger partial charge in [-0.15, -0.1) is 0 Å². The molecule has 1 N–H and O–H groups in total. The number of hydrogen-bond acceptors (Lipinski definition) is 6. The van der Waals surface area contributed by atoms with E-state index in [1.807, 2.05) is 32.3 Å². The summed E-state index contributed by atoms with van der Waals surface area (Å²) in [5.74, 6) is 1.58. The average molecular weight is 282 g/mol. The van der Waals surface area contributed by atoms with Crippen LogP contribution in [0.25, 0.3) is 11.0 Å². The standard InChI is InChI=1S/C15H14N4O2/c1-19(2)13-9-11(20)10-6-8-17-15(14(10)21-13)18-12-5-3-4-7-16-12/h3-9H,1-2H3,(H,16,17,18). The number of nitrogens with zero attached hydrogens (tertiary/aromatic N) is 3. The van der Waals surface area contributed by atoms with E-state index in [4.69, 9.17) is 4.42 Å². The van der Waals surface area contributed by atoms with Crippen molar-refractivity contribution in [3.8, 4) is 0 Å². The van der Waals surface area contributed by atoms with Gasteiger partial charge in [0.15, 0.2) is 22.7 Å². The van der Waals surface area contributed by atoms with E-state index < -0.39 is 0 Å². The molecule has 3 rings (SSSR count). The van der Waals surface area contributed by atoms with Gasteiger partial charge >= 0.3 is 0 Å². The van der Waals surface area contributed by atoms with E-state index in [0.29, 0.717) is 28.5 Å². The lowest BCUT2D eigenvalue weighted by Gasteiger charge is -2.12. The molecule has 0 saturated carbocycles. The molecule has 21 heavy (non-hydrogen) atoms. The molecule has 0 aliphatic carbocycles. The molecule has 0 bridgehead atoms. The van der Waals surface area contributed by atoms with Crippen LogP contribution in [-0.4, -0.2) is 24.1 Å². The highest BCUT2D eigenvalue weighted by atomic mass is 16.4. The van der Waals surface area contributed by atoms with Crippen molar-refractivity contribution in [2.75, 3.05) is 24.3 Å². The quantitative estimate of drug-likeness (QED) is 0.795. The lowest BCUT2D eigenvalue weighted by molar-refractivity contribution is 0.597. The Bertz CT molecular complexity index is 828. The van der Waals surface area contributed by atoms with Crippen molar-refractivity contribution < 1.29 is 4.42 Å². The summed E-state index contributed by atoms with van der Waals surface area (Å²) >= 11 is 0. The highest BCUT2D eigenvalue weighted by Gasteiger charge is 2.11. The van der Waals surface area contributed by atoms with Crippen molar-refractivity contribution >= 4 is 28.5 Å². The Labute approximate surface area is 121 Å². The van der Waals surface area contributed by atoms with Gasteiger partial charge in [-0.3, -0.25) is 4.79 Å². The average Bonchev–Trinajstić information content (AvgIpc) is 2.49. The fourth-order valence-corrected chi connectivity index (χ4v) is 1.94. The van der Waals surface area contributed by atoms with Gasteiger partial charge in [0.2, 0.25) is 0 Å². The maximum Gasteiger partial charge on any atom is 0.199 e. The van der Waals surface area contributed by atoms with Crippen molar-refractivity contribution in [3.63, 3.8) is 0 Å². The summed E-state index contributed by atoms with van der Waals surface area (Å²) in [6.07, 6.45) is 3.24. The Hall–Kier alpha value is -2.89. The minimum absolute atomic E-state index is 0.105. The molecule has 0 radical (unpaired) electrons. The third kappa shape index (κ3) is 2.55. The lowest BCUT2D eigenvalue weighted by atomic mass is 10.2. The Kier molecular flexibility index (Phi) is 3.27. The van der Waals surface area contributed by atoms with Gasteiger partial charge in [0, 0.05) is 32.6 Å². The number of nitrogens with one attached hydrogen (secondary N) is 1. The summed E-state index contributed by atoms with van der Waals surface area (Å²) in [6, 6.07) is 8.61. The van der Waals surface area contributed by atoms with Gasteiger partial charge in [0.25, 0.3) is 0 Å². The first-order valence-corrected chi connectivity index (χ1v) is 6.43. The Morgan fingerprint density at radius 2 is 2.00 bits per heavy atom. The Balaban J connectivity index is 2.16. The third-order valence-electron chi connectivity index (χ3n) is 2.98. The summed E-state index contributed by atoms with van der Waals surface area (Å²) in [7, 11) is 3.62. The molecule has 0 aromatic carbocycles. The van der Waals surface area contributed by atoms with Crippen LogP contribution in [0.4, 0.5) is 17.5 Å². The highest BCUT2D eigenvalue weighted by Crippen LogP contribution is 2.24. The number of hydrogen-bond donors (Lipinski definition) is 1. The van der Waals surface area contributed by atoms with Gasteiger partial charge in [-0.1, -0.05) is 6.07 Å². The smallest absolute Gasteiger partial charge is 0.199 e. The van der Waals surface area contributed by atoms with Crippen LogP contribution < -0.4 is 15.6 Å². The van der Waals surface area contributed by atoms with Gasteiger partial charge in [-0.05, 0) is 18.2 Å². The Morgan fingerprint density at radius 1 is 1.14 bits per heavy atom. The minimum atomic E-state index is -0.105. The first-order chi connectivity index (χ1) is 10.1. The van der Waals surface area contributed by atoms with E-state index in [9.17, 15) is 4.79 Å². The predicted molar refractivity (Wildman–Crippen MR) is 82.1 cm³/mol. The van der Waals surface area contributed by atoms with E-state index in [1.54, 1.807) is 23.4 Å². The summed E-state index contributed by atoms with van der Waals surface area (Å²) < 4.78 is 5.78. The second-order valence-corrected chi connectivity index (χ2v) is 4.72. The molecule has 0 aliphatic heterocycles. The Morgan fingerprint density at radius 3 is 2.71 bits per heavy atom. The summed E-state index contributed by atoms with van der Waals surface area (Å²) in [5.41, 5.74) is 0.311. The minimum Gasteiger partial charge on any atom is -0.436 e. The fourth-order valence-electron chi connectivity index (χ4n) is 1.94. The van der Waals surface area contributed by atoms with Crippen LogP contribution in [-0.2, 0) is 0 Å². The molecule has 0 spiro atoms. The van der Waals surface area contributed by atoms with Crippen LogP contribution in [0.15, 0.2) is 51.9 Å². The van der Waals surface area contributed by atoms with E-state index in [2.05, 4.69) is 15.3 Å². The maximum atomic E-state index is 12.2. The second-order valence-electron chi connectivity index (χ2n) is 4.72. The summed E-state index contributed by atoms with van der Waals surface area (Å²) in [4.78, 5) is 22.3. The molecule has 0 aliphatic rings. The number of rotatable bonds is 3. The maximum absolute atomic E-state index is 12.2. The van der Waals surface area contributed by atoms with Crippen LogP contribution >= 0.6 is 0 Å². The van der Waals surface area contributed by atoms with Gasteiger partial charge < -0.3 is 14.6 Å². The molecule has 0 fully saturated rings. The molecule has 3 aromatic heterocycles. The topological polar surface area (TPSA) is 71.3 Å². The molecular weight excluding hydrogens is 268 g/mol. The third-order valence-corrected chi connectivity index (χ3v) is 2.98. The largest absolute Gasteiger partial charge is 0.436 e. The number of fused-ring (bicyclic) bond motifs is 1. The molecule has 106 valence electrons. The van der Waals surface area contributed by atoms with Crippen LogP contribution in [0.1, 0.15) is 0 Å². The molecule has 0 saturated heterocycles. The number of pyridine rings is 2. The highest BCUT2D eigenvalue weighted by molar-refractivity contribution is 5.88. The zero-order valence-electron chi connectivity index (χ0n) is 11.7. The lowest BCUT2D eigenvalue weighted by Crippen LogP contribution is -2.12.